The molecule has 0 aromatic heterocycles. The molecule has 1 N–H and O–H groups in total. The van der Waals surface area contributed by atoms with Crippen molar-refractivity contribution in [1.29, 1.82) is 0 Å². The van der Waals surface area contributed by atoms with Crippen molar-refractivity contribution in [3.05, 3.63) is 118 Å². The number of carbonyl (C=O) groups excluding carboxylic acids is 2. The number of hydrogen-bond acceptors (Lipinski definition) is 5. The summed E-state index contributed by atoms with van der Waals surface area (Å²) in [6, 6.07) is 23.8. The number of anilines is 1. The molecule has 186 valence electrons. The summed E-state index contributed by atoms with van der Waals surface area (Å²) in [6.45, 7) is 9.66. The van der Waals surface area contributed by atoms with Crippen molar-refractivity contribution in [2.24, 2.45) is 10.2 Å². The molecule has 0 aliphatic heterocycles. The molecule has 0 aliphatic rings. The summed E-state index contributed by atoms with van der Waals surface area (Å²) in [5, 5.41) is 11.8. The first-order chi connectivity index (χ1) is 17.7. The van der Waals surface area contributed by atoms with Crippen LogP contribution in [0.4, 0.5) is 17.1 Å². The summed E-state index contributed by atoms with van der Waals surface area (Å²) in [6.07, 6.45) is 0. The van der Waals surface area contributed by atoms with E-state index in [9.17, 15) is 9.59 Å². The summed E-state index contributed by atoms with van der Waals surface area (Å²) in [7, 11) is 0. The number of nitrogens with zero attached hydrogens (tertiary/aromatic N) is 2. The van der Waals surface area contributed by atoms with Crippen LogP contribution in [0.25, 0.3) is 0 Å². The average Bonchev–Trinajstić information content (AvgIpc) is 2.87. The van der Waals surface area contributed by atoms with Crippen molar-refractivity contribution in [1.82, 2.24) is 0 Å². The minimum absolute atomic E-state index is 0.157. The minimum Gasteiger partial charge on any atom is -0.423 e. The molecule has 4 rings (SSSR count). The molecule has 0 fully saturated rings. The molecule has 0 aliphatic carbocycles. The molecule has 0 radical (unpaired) electrons. The highest BCUT2D eigenvalue weighted by Gasteiger charge is 2.12. The fourth-order valence-corrected chi connectivity index (χ4v) is 3.71. The number of carbonyl (C=O) groups is 2. The molecule has 37 heavy (non-hydrogen) atoms. The predicted octanol–water partition coefficient (Wildman–Crippen LogP) is 8.12. The highest BCUT2D eigenvalue weighted by molar-refractivity contribution is 6.04. The van der Waals surface area contributed by atoms with Gasteiger partial charge in [-0.05, 0) is 106 Å². The Morgan fingerprint density at radius 1 is 0.649 bits per heavy atom. The Balaban J connectivity index is 1.45. The van der Waals surface area contributed by atoms with Gasteiger partial charge in [0.2, 0.25) is 0 Å². The van der Waals surface area contributed by atoms with Crippen molar-refractivity contribution in [3.8, 4) is 5.75 Å². The van der Waals surface area contributed by atoms with E-state index in [1.807, 2.05) is 89.2 Å². The van der Waals surface area contributed by atoms with E-state index in [2.05, 4.69) is 15.5 Å². The summed E-state index contributed by atoms with van der Waals surface area (Å²) in [5.74, 6) is -0.0844. The first-order valence-electron chi connectivity index (χ1n) is 12.0. The van der Waals surface area contributed by atoms with Gasteiger partial charge in [0.25, 0.3) is 5.91 Å². The number of amides is 1. The zero-order valence-electron chi connectivity index (χ0n) is 21.6. The van der Waals surface area contributed by atoms with Crippen LogP contribution < -0.4 is 10.1 Å². The van der Waals surface area contributed by atoms with Crippen LogP contribution in [0.15, 0.2) is 89.1 Å². The molecule has 6 nitrogen and oxygen atoms in total. The van der Waals surface area contributed by atoms with Crippen LogP contribution in [0.5, 0.6) is 5.75 Å². The van der Waals surface area contributed by atoms with E-state index >= 15 is 0 Å². The Hall–Kier alpha value is -4.58. The van der Waals surface area contributed by atoms with Crippen LogP contribution in [0.1, 0.15) is 48.5 Å². The number of esters is 1. The van der Waals surface area contributed by atoms with Crippen LogP contribution in [0.3, 0.4) is 0 Å². The first-order valence-corrected chi connectivity index (χ1v) is 12.0. The lowest BCUT2D eigenvalue weighted by molar-refractivity contribution is 0.0733. The minimum atomic E-state index is -0.405. The second kappa shape index (κ2) is 11.0. The van der Waals surface area contributed by atoms with E-state index in [0.29, 0.717) is 28.3 Å². The van der Waals surface area contributed by atoms with Gasteiger partial charge >= 0.3 is 5.97 Å². The molecule has 0 saturated carbocycles. The second-order valence-corrected chi connectivity index (χ2v) is 9.18. The second-order valence-electron chi connectivity index (χ2n) is 9.18. The smallest absolute Gasteiger partial charge is 0.343 e. The van der Waals surface area contributed by atoms with Crippen LogP contribution in [0, 0.1) is 34.6 Å². The average molecular weight is 492 g/mol. The predicted molar refractivity (Wildman–Crippen MR) is 147 cm³/mol. The van der Waals surface area contributed by atoms with Gasteiger partial charge in [-0.1, -0.05) is 35.4 Å². The SMILES string of the molecule is Cc1ccc(C(=O)Nc2cc(C)c(N=Nc3ccc(OC(=O)c4ccc(C)cc4)c(C)c3)cc2C)cc1. The van der Waals surface area contributed by atoms with Crippen LogP contribution in [0.2, 0.25) is 0 Å². The maximum absolute atomic E-state index is 12.6. The molecule has 0 atom stereocenters. The van der Waals surface area contributed by atoms with Gasteiger partial charge in [0.05, 0.1) is 16.9 Å². The van der Waals surface area contributed by atoms with Gasteiger partial charge in [0, 0.05) is 11.3 Å². The maximum atomic E-state index is 12.6. The largest absolute Gasteiger partial charge is 0.423 e. The van der Waals surface area contributed by atoms with E-state index in [4.69, 9.17) is 4.74 Å². The van der Waals surface area contributed by atoms with Crippen molar-refractivity contribution >= 4 is 28.9 Å². The lowest BCUT2D eigenvalue weighted by Crippen LogP contribution is -2.12. The Morgan fingerprint density at radius 2 is 1.27 bits per heavy atom. The fraction of sp³-hybridized carbons (Fsp3) is 0.161. The van der Waals surface area contributed by atoms with Gasteiger partial charge in [-0.3, -0.25) is 4.79 Å². The molecule has 0 unspecified atom stereocenters. The van der Waals surface area contributed by atoms with Crippen molar-refractivity contribution < 1.29 is 14.3 Å². The normalized spacial score (nSPS) is 10.9. The molecule has 4 aromatic carbocycles. The molecule has 0 saturated heterocycles. The molecular weight excluding hydrogens is 462 g/mol. The number of benzene rings is 4. The van der Waals surface area contributed by atoms with Gasteiger partial charge in [0.15, 0.2) is 0 Å². The van der Waals surface area contributed by atoms with Gasteiger partial charge in [-0.25, -0.2) is 4.79 Å². The van der Waals surface area contributed by atoms with Gasteiger partial charge in [-0.2, -0.15) is 10.2 Å². The van der Waals surface area contributed by atoms with E-state index < -0.39 is 5.97 Å². The van der Waals surface area contributed by atoms with Gasteiger partial charge in [0.1, 0.15) is 5.75 Å². The van der Waals surface area contributed by atoms with Crippen molar-refractivity contribution in [2.75, 3.05) is 5.32 Å². The molecule has 6 heteroatoms. The van der Waals surface area contributed by atoms with E-state index in [1.165, 1.54) is 0 Å². The lowest BCUT2D eigenvalue weighted by atomic mass is 10.1. The zero-order valence-corrected chi connectivity index (χ0v) is 21.6. The number of nitrogens with one attached hydrogen (secondary N) is 1. The van der Waals surface area contributed by atoms with E-state index in [0.717, 1.165) is 33.5 Å². The van der Waals surface area contributed by atoms with Crippen LogP contribution >= 0.6 is 0 Å². The Morgan fingerprint density at radius 3 is 1.89 bits per heavy atom. The Labute approximate surface area is 217 Å². The Kier molecular flexibility index (Phi) is 7.58. The number of hydrogen-bond donors (Lipinski definition) is 1. The summed E-state index contributed by atoms with van der Waals surface area (Å²) in [4.78, 5) is 25.1. The highest BCUT2D eigenvalue weighted by atomic mass is 16.5. The number of rotatable bonds is 6. The summed E-state index contributed by atoms with van der Waals surface area (Å²) < 4.78 is 5.56. The third kappa shape index (κ3) is 6.35. The van der Waals surface area contributed by atoms with Crippen molar-refractivity contribution in [2.45, 2.75) is 34.6 Å². The molecule has 0 heterocycles. The van der Waals surface area contributed by atoms with Crippen LogP contribution in [-0.4, -0.2) is 11.9 Å². The summed E-state index contributed by atoms with van der Waals surface area (Å²) in [5.41, 5.74) is 7.91. The molecule has 1 amide bonds. The zero-order chi connectivity index (χ0) is 26.5. The number of ether oxygens (including phenoxy) is 1. The highest BCUT2D eigenvalue weighted by Crippen LogP contribution is 2.30. The molecule has 0 spiro atoms. The van der Waals surface area contributed by atoms with Gasteiger partial charge < -0.3 is 10.1 Å². The molecule has 4 aromatic rings. The number of aryl methyl sites for hydroxylation is 5. The monoisotopic (exact) mass is 491 g/mol. The number of azo groups is 1. The molecule has 0 bridgehead atoms. The van der Waals surface area contributed by atoms with Crippen LogP contribution in [-0.2, 0) is 0 Å². The van der Waals surface area contributed by atoms with E-state index in [1.54, 1.807) is 24.3 Å². The summed E-state index contributed by atoms with van der Waals surface area (Å²) >= 11 is 0. The maximum Gasteiger partial charge on any atom is 0.343 e. The standard InChI is InChI=1S/C31H29N3O3/c1-19-6-10-24(11-7-19)30(35)32-27-17-22(4)28(18-21(27)3)34-33-26-14-15-29(23(5)16-26)37-31(36)25-12-8-20(2)9-13-25/h6-18H,1-5H3,(H,32,35). The van der Waals surface area contributed by atoms with Gasteiger partial charge in [-0.15, -0.1) is 0 Å². The fourth-order valence-electron chi connectivity index (χ4n) is 3.71. The lowest BCUT2D eigenvalue weighted by Gasteiger charge is -2.11. The third-order valence-electron chi connectivity index (χ3n) is 6.03. The van der Waals surface area contributed by atoms with E-state index in [-0.39, 0.29) is 5.91 Å². The first kappa shape index (κ1) is 25.5. The third-order valence-corrected chi connectivity index (χ3v) is 6.03. The van der Waals surface area contributed by atoms with Crippen molar-refractivity contribution in [3.63, 3.8) is 0 Å². The molecular formula is C31H29N3O3. The topological polar surface area (TPSA) is 80.1 Å². The quantitative estimate of drug-likeness (QED) is 0.168. The Bertz CT molecular complexity index is 1490.